The van der Waals surface area contributed by atoms with Crippen LogP contribution in [0.25, 0.3) is 0 Å². The molecule has 0 aliphatic heterocycles. The summed E-state index contributed by atoms with van der Waals surface area (Å²) >= 11 is 1.29. The summed E-state index contributed by atoms with van der Waals surface area (Å²) in [5.41, 5.74) is 1.75. The Hall–Kier alpha value is -2.23. The van der Waals surface area contributed by atoms with Crippen molar-refractivity contribution in [1.82, 2.24) is 5.32 Å². The summed E-state index contributed by atoms with van der Waals surface area (Å²) in [6.07, 6.45) is 0. The summed E-state index contributed by atoms with van der Waals surface area (Å²) in [4.78, 5) is 25.5. The van der Waals surface area contributed by atoms with Gasteiger partial charge in [-0.05, 0) is 54.5 Å². The predicted octanol–water partition coefficient (Wildman–Crippen LogP) is 2.41. The molecule has 27 heavy (non-hydrogen) atoms. The van der Waals surface area contributed by atoms with Gasteiger partial charge in [0.1, 0.15) is 6.04 Å². The minimum absolute atomic E-state index is 0.0791. The number of hydrogen-bond donors (Lipinski definition) is 3. The number of carbonyl (C=O) groups is 2. The first kappa shape index (κ1) is 21.1. The molecule has 1 atom stereocenters. The van der Waals surface area contributed by atoms with Crippen molar-refractivity contribution in [2.24, 2.45) is 11.1 Å². The van der Waals surface area contributed by atoms with Crippen LogP contribution in [0, 0.1) is 19.8 Å². The number of rotatable bonds is 6. The highest BCUT2D eigenvalue weighted by atomic mass is 32.2. The molecule has 1 aromatic carbocycles. The molecule has 0 fully saturated rings. The molecule has 0 saturated heterocycles. The Kier molecular flexibility index (Phi) is 6.40. The second kappa shape index (κ2) is 8.20. The quantitative estimate of drug-likeness (QED) is 0.679. The maximum Gasteiger partial charge on any atom is 0.262 e. The summed E-state index contributed by atoms with van der Waals surface area (Å²) < 4.78 is 23.3. The highest BCUT2D eigenvalue weighted by molar-refractivity contribution is 7.89. The number of carbonyl (C=O) groups excluding carboxylic acids is 2. The fourth-order valence-electron chi connectivity index (χ4n) is 2.49. The van der Waals surface area contributed by atoms with Gasteiger partial charge in [-0.3, -0.25) is 9.59 Å². The zero-order valence-electron chi connectivity index (χ0n) is 15.6. The number of hydrogen-bond acceptors (Lipinski definition) is 5. The van der Waals surface area contributed by atoms with Crippen molar-refractivity contribution in [3.8, 4) is 0 Å². The van der Waals surface area contributed by atoms with E-state index in [0.717, 1.165) is 5.56 Å². The molecule has 0 bridgehead atoms. The van der Waals surface area contributed by atoms with Crippen LogP contribution in [-0.4, -0.2) is 26.3 Å². The number of nitrogens with one attached hydrogen (secondary N) is 2. The van der Waals surface area contributed by atoms with Crippen LogP contribution in [0.3, 0.4) is 0 Å². The maximum absolute atomic E-state index is 12.8. The largest absolute Gasteiger partial charge is 0.339 e. The predicted molar refractivity (Wildman–Crippen MR) is 106 cm³/mol. The molecule has 0 spiro atoms. The van der Waals surface area contributed by atoms with E-state index in [-0.39, 0.29) is 16.7 Å². The van der Waals surface area contributed by atoms with Gasteiger partial charge in [0, 0.05) is 5.69 Å². The number of thiophene rings is 1. The molecule has 4 N–H and O–H groups in total. The molecule has 2 aromatic rings. The van der Waals surface area contributed by atoms with E-state index in [1.54, 1.807) is 31.4 Å². The fraction of sp³-hybridized carbons (Fsp3) is 0.333. The summed E-state index contributed by atoms with van der Waals surface area (Å²) in [6, 6.07) is 5.44. The van der Waals surface area contributed by atoms with E-state index in [2.05, 4.69) is 10.6 Å². The van der Waals surface area contributed by atoms with Crippen LogP contribution in [0.5, 0.6) is 0 Å². The number of nitrogens with two attached hydrogens (primary N) is 1. The van der Waals surface area contributed by atoms with Gasteiger partial charge in [-0.15, -0.1) is 11.3 Å². The van der Waals surface area contributed by atoms with Crippen LogP contribution >= 0.6 is 11.3 Å². The first-order valence-corrected chi connectivity index (χ1v) is 10.7. The Morgan fingerprint density at radius 1 is 1.19 bits per heavy atom. The van der Waals surface area contributed by atoms with Gasteiger partial charge in [-0.1, -0.05) is 19.9 Å². The second-order valence-electron chi connectivity index (χ2n) is 6.62. The van der Waals surface area contributed by atoms with Crippen LogP contribution in [0.4, 0.5) is 5.69 Å². The Labute approximate surface area is 163 Å². The topological polar surface area (TPSA) is 118 Å². The van der Waals surface area contributed by atoms with Crippen LogP contribution < -0.4 is 15.8 Å². The number of sulfonamides is 1. The van der Waals surface area contributed by atoms with Crippen molar-refractivity contribution < 1.29 is 18.0 Å². The van der Waals surface area contributed by atoms with Crippen molar-refractivity contribution in [3.63, 3.8) is 0 Å². The number of amides is 2. The van der Waals surface area contributed by atoms with Gasteiger partial charge in [-0.25, -0.2) is 13.6 Å². The van der Waals surface area contributed by atoms with Gasteiger partial charge in [0.05, 0.1) is 9.77 Å². The van der Waals surface area contributed by atoms with E-state index < -0.39 is 22.0 Å². The van der Waals surface area contributed by atoms with E-state index in [0.29, 0.717) is 16.1 Å². The zero-order valence-corrected chi connectivity index (χ0v) is 17.2. The highest BCUT2D eigenvalue weighted by Crippen LogP contribution is 2.24. The molecule has 9 heteroatoms. The molecule has 0 aliphatic carbocycles. The minimum Gasteiger partial charge on any atom is -0.339 e. The van der Waals surface area contributed by atoms with Crippen molar-refractivity contribution in [2.75, 3.05) is 5.32 Å². The average molecular weight is 410 g/mol. The van der Waals surface area contributed by atoms with Crippen molar-refractivity contribution in [1.29, 1.82) is 0 Å². The normalized spacial score (nSPS) is 12.7. The lowest BCUT2D eigenvalue weighted by molar-refractivity contribution is -0.118. The Balaban J connectivity index is 2.27. The molecular weight excluding hydrogens is 386 g/mol. The van der Waals surface area contributed by atoms with Gasteiger partial charge < -0.3 is 10.6 Å². The molecule has 2 rings (SSSR count). The lowest BCUT2D eigenvalue weighted by Crippen LogP contribution is -2.47. The summed E-state index contributed by atoms with van der Waals surface area (Å²) in [5.74, 6) is -0.925. The van der Waals surface area contributed by atoms with E-state index >= 15 is 0 Å². The van der Waals surface area contributed by atoms with E-state index in [1.165, 1.54) is 23.5 Å². The molecule has 2 amide bonds. The number of aryl methyl sites for hydroxylation is 1. The van der Waals surface area contributed by atoms with Gasteiger partial charge in [0.25, 0.3) is 5.91 Å². The molecule has 0 aliphatic rings. The molecule has 7 nitrogen and oxygen atoms in total. The van der Waals surface area contributed by atoms with Gasteiger partial charge in [-0.2, -0.15) is 0 Å². The van der Waals surface area contributed by atoms with Crippen molar-refractivity contribution >= 4 is 38.9 Å². The van der Waals surface area contributed by atoms with Crippen LogP contribution in [-0.2, 0) is 14.8 Å². The first-order valence-electron chi connectivity index (χ1n) is 8.30. The van der Waals surface area contributed by atoms with Crippen LogP contribution in [0.15, 0.2) is 34.5 Å². The molecule has 1 heterocycles. The molecule has 0 unspecified atom stereocenters. The van der Waals surface area contributed by atoms with Crippen LogP contribution in [0.2, 0.25) is 0 Å². The Morgan fingerprint density at radius 2 is 1.85 bits per heavy atom. The van der Waals surface area contributed by atoms with E-state index in [1.807, 2.05) is 13.8 Å². The van der Waals surface area contributed by atoms with Gasteiger partial charge in [0.15, 0.2) is 0 Å². The summed E-state index contributed by atoms with van der Waals surface area (Å²) in [6.45, 7) is 7.14. The maximum atomic E-state index is 12.8. The second-order valence-corrected chi connectivity index (χ2v) is 9.13. The monoisotopic (exact) mass is 409 g/mol. The minimum atomic E-state index is -3.91. The third-order valence-corrected chi connectivity index (χ3v) is 5.97. The third kappa shape index (κ3) is 5.15. The first-order chi connectivity index (χ1) is 12.5. The molecule has 0 radical (unpaired) electrons. The van der Waals surface area contributed by atoms with Gasteiger partial charge in [0.2, 0.25) is 15.9 Å². The summed E-state index contributed by atoms with van der Waals surface area (Å²) in [7, 11) is -3.91. The number of primary sulfonamides is 1. The van der Waals surface area contributed by atoms with E-state index in [4.69, 9.17) is 5.14 Å². The van der Waals surface area contributed by atoms with Crippen LogP contribution in [0.1, 0.15) is 34.6 Å². The molecule has 146 valence electrons. The van der Waals surface area contributed by atoms with Crippen molar-refractivity contribution in [2.45, 2.75) is 38.6 Å². The SMILES string of the molecule is Cc1cc(S(N)(=O)=O)cc(NC(=O)[C@H](NC(=O)c2cccs2)C(C)C)c1C. The third-order valence-electron chi connectivity index (χ3n) is 4.21. The Morgan fingerprint density at radius 3 is 2.37 bits per heavy atom. The summed E-state index contributed by atoms with van der Waals surface area (Å²) in [5, 5.41) is 12.4. The van der Waals surface area contributed by atoms with Crippen molar-refractivity contribution in [3.05, 3.63) is 45.6 Å². The smallest absolute Gasteiger partial charge is 0.262 e. The Bertz CT molecular complexity index is 951. The average Bonchev–Trinajstić information content (AvgIpc) is 3.09. The lowest BCUT2D eigenvalue weighted by atomic mass is 10.0. The molecular formula is C18H23N3O4S2. The van der Waals surface area contributed by atoms with E-state index in [9.17, 15) is 18.0 Å². The number of anilines is 1. The molecule has 0 saturated carbocycles. The zero-order chi connectivity index (χ0) is 20.4. The molecule has 1 aromatic heterocycles. The standard InChI is InChI=1S/C18H23N3O4S2/c1-10(2)16(21-17(22)15-6-5-7-26-15)18(23)20-14-9-13(27(19,24)25)8-11(3)12(14)4/h5-10,16H,1-4H3,(H,20,23)(H,21,22)(H2,19,24,25)/t16-/m1/s1. The highest BCUT2D eigenvalue weighted by Gasteiger charge is 2.26. The fourth-order valence-corrected chi connectivity index (χ4v) is 3.74. The van der Waals surface area contributed by atoms with Gasteiger partial charge >= 0.3 is 0 Å². The lowest BCUT2D eigenvalue weighted by Gasteiger charge is -2.22. The number of benzene rings is 1.